The lowest BCUT2D eigenvalue weighted by molar-refractivity contribution is 0.268. The third-order valence-corrected chi connectivity index (χ3v) is 2.57. The summed E-state index contributed by atoms with van der Waals surface area (Å²) in [5, 5.41) is 7.55. The lowest BCUT2D eigenvalue weighted by Gasteiger charge is -2.27. The van der Waals surface area contributed by atoms with Gasteiger partial charge in [-0.2, -0.15) is 5.10 Å². The Kier molecular flexibility index (Phi) is 2.59. The molecular weight excluding hydrogens is 164 g/mol. The number of piperidine rings is 1. The lowest BCUT2D eigenvalue weighted by Crippen LogP contribution is -2.36. The first-order valence-corrected chi connectivity index (χ1v) is 4.87. The van der Waals surface area contributed by atoms with Gasteiger partial charge < -0.3 is 5.32 Å². The Balaban J connectivity index is 1.87. The van der Waals surface area contributed by atoms with E-state index in [9.17, 15) is 0 Å². The van der Waals surface area contributed by atoms with Crippen molar-refractivity contribution in [3.05, 3.63) is 12.7 Å². The minimum absolute atomic E-state index is 0.713. The molecule has 0 saturated carbocycles. The van der Waals surface area contributed by atoms with Crippen LogP contribution in [0.4, 0.5) is 0 Å². The molecule has 4 heteroatoms. The third kappa shape index (κ3) is 2.28. The molecular formula is C9H16N4. The second kappa shape index (κ2) is 3.87. The van der Waals surface area contributed by atoms with Crippen molar-refractivity contribution in [1.29, 1.82) is 0 Å². The van der Waals surface area contributed by atoms with E-state index in [4.69, 9.17) is 0 Å². The molecule has 2 heterocycles. The topological polar surface area (TPSA) is 42.7 Å². The van der Waals surface area contributed by atoms with Crippen LogP contribution < -0.4 is 5.32 Å². The molecule has 2 unspecified atom stereocenters. The molecule has 0 bridgehead atoms. The van der Waals surface area contributed by atoms with Gasteiger partial charge in [0.05, 0.1) is 0 Å². The zero-order valence-electron chi connectivity index (χ0n) is 7.98. The van der Waals surface area contributed by atoms with Gasteiger partial charge in [-0.05, 0) is 31.3 Å². The summed E-state index contributed by atoms with van der Waals surface area (Å²) >= 11 is 0. The lowest BCUT2D eigenvalue weighted by atomic mass is 9.92. The molecule has 0 aromatic carbocycles. The summed E-state index contributed by atoms with van der Waals surface area (Å²) in [4.78, 5) is 3.94. The molecule has 0 radical (unpaired) electrons. The first-order chi connectivity index (χ1) is 6.34. The minimum atomic E-state index is 0.713. The van der Waals surface area contributed by atoms with Gasteiger partial charge in [0.15, 0.2) is 0 Å². The highest BCUT2D eigenvalue weighted by atomic mass is 15.3. The predicted octanol–water partition coefficient (Wildman–Crippen LogP) is 0.524. The fraction of sp³-hybridized carbons (Fsp3) is 0.778. The Morgan fingerprint density at radius 3 is 3.15 bits per heavy atom. The zero-order chi connectivity index (χ0) is 9.10. The van der Waals surface area contributed by atoms with E-state index < -0.39 is 0 Å². The standard InChI is InChI=1S/C9H16N4/c1-8-2-9(4-10-3-8)5-13-7-11-6-12-13/h6-10H,2-5H2,1H3. The maximum Gasteiger partial charge on any atom is 0.137 e. The molecule has 1 aliphatic rings. The van der Waals surface area contributed by atoms with Gasteiger partial charge in [0.1, 0.15) is 12.7 Å². The van der Waals surface area contributed by atoms with Crippen molar-refractivity contribution in [3.63, 3.8) is 0 Å². The van der Waals surface area contributed by atoms with Crippen LogP contribution in [0.5, 0.6) is 0 Å². The predicted molar refractivity (Wildman–Crippen MR) is 50.2 cm³/mol. The number of aromatic nitrogens is 3. The summed E-state index contributed by atoms with van der Waals surface area (Å²) in [7, 11) is 0. The van der Waals surface area contributed by atoms with Gasteiger partial charge in [-0.15, -0.1) is 0 Å². The van der Waals surface area contributed by atoms with Crippen molar-refractivity contribution in [1.82, 2.24) is 20.1 Å². The van der Waals surface area contributed by atoms with Gasteiger partial charge in [-0.25, -0.2) is 4.98 Å². The van der Waals surface area contributed by atoms with Crippen molar-refractivity contribution < 1.29 is 0 Å². The molecule has 1 aliphatic heterocycles. The van der Waals surface area contributed by atoms with Crippen LogP contribution in [0.1, 0.15) is 13.3 Å². The van der Waals surface area contributed by atoms with Gasteiger partial charge in [0.2, 0.25) is 0 Å². The van der Waals surface area contributed by atoms with Crippen molar-refractivity contribution >= 4 is 0 Å². The van der Waals surface area contributed by atoms with Gasteiger partial charge in [-0.3, -0.25) is 4.68 Å². The van der Waals surface area contributed by atoms with Crippen molar-refractivity contribution in [2.24, 2.45) is 11.8 Å². The van der Waals surface area contributed by atoms with E-state index >= 15 is 0 Å². The number of nitrogens with one attached hydrogen (secondary N) is 1. The van der Waals surface area contributed by atoms with Gasteiger partial charge >= 0.3 is 0 Å². The zero-order valence-corrected chi connectivity index (χ0v) is 7.98. The van der Waals surface area contributed by atoms with E-state index in [2.05, 4.69) is 22.3 Å². The summed E-state index contributed by atoms with van der Waals surface area (Å²) in [6, 6.07) is 0. The number of nitrogens with zero attached hydrogens (tertiary/aromatic N) is 3. The highest BCUT2D eigenvalue weighted by Gasteiger charge is 2.18. The second-order valence-electron chi connectivity index (χ2n) is 3.98. The van der Waals surface area contributed by atoms with Crippen molar-refractivity contribution in [3.8, 4) is 0 Å². The molecule has 1 aromatic heterocycles. The number of hydrogen-bond donors (Lipinski definition) is 1. The monoisotopic (exact) mass is 180 g/mol. The third-order valence-electron chi connectivity index (χ3n) is 2.57. The van der Waals surface area contributed by atoms with Gasteiger partial charge in [0.25, 0.3) is 0 Å². The van der Waals surface area contributed by atoms with E-state index in [0.717, 1.165) is 25.6 Å². The quantitative estimate of drug-likeness (QED) is 0.721. The van der Waals surface area contributed by atoms with E-state index in [1.807, 2.05) is 4.68 Å². The van der Waals surface area contributed by atoms with Crippen LogP contribution >= 0.6 is 0 Å². The van der Waals surface area contributed by atoms with E-state index in [-0.39, 0.29) is 0 Å². The largest absolute Gasteiger partial charge is 0.316 e. The van der Waals surface area contributed by atoms with E-state index in [1.165, 1.54) is 6.42 Å². The second-order valence-corrected chi connectivity index (χ2v) is 3.98. The van der Waals surface area contributed by atoms with E-state index in [1.54, 1.807) is 12.7 Å². The molecule has 1 N–H and O–H groups in total. The molecule has 13 heavy (non-hydrogen) atoms. The molecule has 2 rings (SSSR count). The first-order valence-electron chi connectivity index (χ1n) is 4.87. The molecule has 0 spiro atoms. The molecule has 1 saturated heterocycles. The Morgan fingerprint density at radius 1 is 1.54 bits per heavy atom. The fourth-order valence-corrected chi connectivity index (χ4v) is 2.00. The van der Waals surface area contributed by atoms with Crippen LogP contribution in [0.25, 0.3) is 0 Å². The molecule has 0 amide bonds. The average Bonchev–Trinajstić information content (AvgIpc) is 2.57. The van der Waals surface area contributed by atoms with Crippen LogP contribution in [-0.2, 0) is 6.54 Å². The van der Waals surface area contributed by atoms with Crippen LogP contribution in [0.2, 0.25) is 0 Å². The molecule has 2 atom stereocenters. The fourth-order valence-electron chi connectivity index (χ4n) is 2.00. The Labute approximate surface area is 78.4 Å². The maximum absolute atomic E-state index is 4.11. The van der Waals surface area contributed by atoms with Crippen LogP contribution in [0.15, 0.2) is 12.7 Å². The summed E-state index contributed by atoms with van der Waals surface area (Å²) < 4.78 is 1.92. The average molecular weight is 180 g/mol. The molecule has 0 aliphatic carbocycles. The minimum Gasteiger partial charge on any atom is -0.316 e. The summed E-state index contributed by atoms with van der Waals surface area (Å²) in [5.74, 6) is 1.51. The molecule has 1 fully saturated rings. The number of hydrogen-bond acceptors (Lipinski definition) is 3. The Morgan fingerprint density at radius 2 is 2.46 bits per heavy atom. The first kappa shape index (κ1) is 8.69. The molecule has 72 valence electrons. The van der Waals surface area contributed by atoms with Crippen molar-refractivity contribution in [2.45, 2.75) is 19.9 Å². The van der Waals surface area contributed by atoms with Crippen molar-refractivity contribution in [2.75, 3.05) is 13.1 Å². The van der Waals surface area contributed by atoms with Gasteiger partial charge in [0, 0.05) is 6.54 Å². The van der Waals surface area contributed by atoms with Crippen LogP contribution in [-0.4, -0.2) is 27.9 Å². The Bertz CT molecular complexity index is 244. The molecule has 4 nitrogen and oxygen atoms in total. The Hall–Kier alpha value is -0.900. The highest BCUT2D eigenvalue weighted by Crippen LogP contribution is 2.16. The summed E-state index contributed by atoms with van der Waals surface area (Å²) in [5.41, 5.74) is 0. The maximum atomic E-state index is 4.11. The van der Waals surface area contributed by atoms with Crippen LogP contribution in [0.3, 0.4) is 0 Å². The summed E-state index contributed by atoms with van der Waals surface area (Å²) in [6.07, 6.45) is 4.69. The highest BCUT2D eigenvalue weighted by molar-refractivity contribution is 4.74. The van der Waals surface area contributed by atoms with E-state index in [0.29, 0.717) is 5.92 Å². The smallest absolute Gasteiger partial charge is 0.137 e. The molecule has 1 aromatic rings. The SMILES string of the molecule is CC1CNCC(Cn2cncn2)C1. The van der Waals surface area contributed by atoms with Crippen LogP contribution in [0, 0.1) is 11.8 Å². The van der Waals surface area contributed by atoms with Gasteiger partial charge in [-0.1, -0.05) is 6.92 Å². The summed E-state index contributed by atoms with van der Waals surface area (Å²) in [6.45, 7) is 5.57. The normalized spacial score (nSPS) is 29.0. The number of rotatable bonds is 2.